The van der Waals surface area contributed by atoms with Crippen LogP contribution in [-0.4, -0.2) is 43.9 Å². The highest BCUT2D eigenvalue weighted by Gasteiger charge is 2.30. The molecule has 0 aromatic heterocycles. The fraction of sp³-hybridized carbons (Fsp3) is 0.571. The highest BCUT2D eigenvalue weighted by molar-refractivity contribution is 5.27. The molecule has 0 heterocycles. The van der Waals surface area contributed by atoms with E-state index in [1.54, 1.807) is 7.11 Å². The zero-order chi connectivity index (χ0) is 15.2. The Labute approximate surface area is 117 Å². The number of rotatable bonds is 7. The van der Waals surface area contributed by atoms with E-state index in [9.17, 15) is 18.3 Å². The summed E-state index contributed by atoms with van der Waals surface area (Å²) >= 11 is 0. The van der Waals surface area contributed by atoms with E-state index >= 15 is 0 Å². The van der Waals surface area contributed by atoms with Crippen LogP contribution in [0.5, 0.6) is 0 Å². The van der Waals surface area contributed by atoms with E-state index in [1.807, 2.05) is 11.9 Å². The van der Waals surface area contributed by atoms with Gasteiger partial charge < -0.3 is 14.7 Å². The van der Waals surface area contributed by atoms with Gasteiger partial charge in [-0.05, 0) is 31.2 Å². The normalized spacial score (nSPS) is 13.8. The molecule has 6 heteroatoms. The van der Waals surface area contributed by atoms with Gasteiger partial charge in [0, 0.05) is 26.8 Å². The van der Waals surface area contributed by atoms with Gasteiger partial charge in [0.15, 0.2) is 0 Å². The van der Waals surface area contributed by atoms with Crippen molar-refractivity contribution in [1.29, 1.82) is 0 Å². The minimum absolute atomic E-state index is 0.276. The van der Waals surface area contributed by atoms with Crippen LogP contribution < -0.4 is 0 Å². The second-order valence-electron chi connectivity index (χ2n) is 4.75. The van der Waals surface area contributed by atoms with E-state index in [2.05, 4.69) is 0 Å². The van der Waals surface area contributed by atoms with E-state index in [0.717, 1.165) is 18.6 Å². The standard InChI is InChI=1S/C14H20F3NO2/c1-18(7-4-8-20-2)10-13(19)11-5-3-6-12(9-11)14(15,16)17/h3,5-6,9,13,19H,4,7-8,10H2,1-2H3. The first-order valence-electron chi connectivity index (χ1n) is 6.37. The van der Waals surface area contributed by atoms with Crippen LogP contribution in [0.1, 0.15) is 23.7 Å². The molecular weight excluding hydrogens is 271 g/mol. The fourth-order valence-electron chi connectivity index (χ4n) is 1.89. The van der Waals surface area contributed by atoms with Crippen molar-refractivity contribution in [3.05, 3.63) is 35.4 Å². The predicted octanol–water partition coefficient (Wildman–Crippen LogP) is 2.71. The quantitative estimate of drug-likeness (QED) is 0.784. The molecule has 0 radical (unpaired) electrons. The molecule has 0 saturated carbocycles. The minimum Gasteiger partial charge on any atom is -0.387 e. The van der Waals surface area contributed by atoms with Gasteiger partial charge in [0.2, 0.25) is 0 Å². The minimum atomic E-state index is -4.39. The van der Waals surface area contributed by atoms with Crippen molar-refractivity contribution >= 4 is 0 Å². The van der Waals surface area contributed by atoms with E-state index in [-0.39, 0.29) is 12.1 Å². The molecule has 20 heavy (non-hydrogen) atoms. The third-order valence-corrected chi connectivity index (χ3v) is 2.97. The Kier molecular flexibility index (Phi) is 6.45. The van der Waals surface area contributed by atoms with Gasteiger partial charge >= 0.3 is 6.18 Å². The Balaban J connectivity index is 2.61. The van der Waals surface area contributed by atoms with E-state index in [4.69, 9.17) is 4.74 Å². The van der Waals surface area contributed by atoms with Gasteiger partial charge in [0.25, 0.3) is 0 Å². The molecule has 1 atom stereocenters. The Hall–Kier alpha value is -1.11. The molecule has 0 saturated heterocycles. The first-order chi connectivity index (χ1) is 9.34. The topological polar surface area (TPSA) is 32.7 Å². The average molecular weight is 291 g/mol. The summed E-state index contributed by atoms with van der Waals surface area (Å²) in [4.78, 5) is 1.87. The van der Waals surface area contributed by atoms with Crippen LogP contribution in [0.4, 0.5) is 13.2 Å². The largest absolute Gasteiger partial charge is 0.416 e. The summed E-state index contributed by atoms with van der Waals surface area (Å²) in [6.45, 7) is 1.61. The molecule has 0 aliphatic heterocycles. The van der Waals surface area contributed by atoms with Crippen LogP contribution in [0.2, 0.25) is 0 Å². The lowest BCUT2D eigenvalue weighted by Crippen LogP contribution is -2.26. The van der Waals surface area contributed by atoms with Crippen molar-refractivity contribution in [1.82, 2.24) is 4.90 Å². The van der Waals surface area contributed by atoms with Gasteiger partial charge in [-0.2, -0.15) is 13.2 Å². The summed E-state index contributed by atoms with van der Waals surface area (Å²) in [6, 6.07) is 4.81. The first kappa shape index (κ1) is 16.9. The van der Waals surface area contributed by atoms with Gasteiger partial charge in [-0.15, -0.1) is 0 Å². The Bertz CT molecular complexity index is 410. The van der Waals surface area contributed by atoms with Gasteiger partial charge in [-0.25, -0.2) is 0 Å². The van der Waals surface area contributed by atoms with Crippen molar-refractivity contribution in [2.75, 3.05) is 33.9 Å². The zero-order valence-corrected chi connectivity index (χ0v) is 11.7. The van der Waals surface area contributed by atoms with Crippen molar-refractivity contribution in [2.24, 2.45) is 0 Å². The second kappa shape index (κ2) is 7.61. The number of ether oxygens (including phenoxy) is 1. The summed E-state index contributed by atoms with van der Waals surface area (Å²) in [7, 11) is 3.42. The predicted molar refractivity (Wildman–Crippen MR) is 70.4 cm³/mol. The zero-order valence-electron chi connectivity index (χ0n) is 11.7. The van der Waals surface area contributed by atoms with Gasteiger partial charge in [-0.3, -0.25) is 0 Å². The van der Waals surface area contributed by atoms with Gasteiger partial charge in [0.1, 0.15) is 0 Å². The molecule has 3 nitrogen and oxygen atoms in total. The van der Waals surface area contributed by atoms with Crippen LogP contribution in [0.3, 0.4) is 0 Å². The third kappa shape index (κ3) is 5.48. The second-order valence-corrected chi connectivity index (χ2v) is 4.75. The SMILES string of the molecule is COCCCN(C)CC(O)c1cccc(C(F)(F)F)c1. The van der Waals surface area contributed by atoms with Crippen molar-refractivity contribution in [3.63, 3.8) is 0 Å². The van der Waals surface area contributed by atoms with Gasteiger partial charge in [-0.1, -0.05) is 12.1 Å². The molecule has 0 aliphatic rings. The molecule has 1 N–H and O–H groups in total. The number of aliphatic hydroxyl groups is 1. The van der Waals surface area contributed by atoms with Crippen molar-refractivity contribution in [3.8, 4) is 0 Å². The summed E-state index contributed by atoms with van der Waals surface area (Å²) in [5.74, 6) is 0. The number of hydrogen-bond acceptors (Lipinski definition) is 3. The Morgan fingerprint density at radius 1 is 1.35 bits per heavy atom. The Morgan fingerprint density at radius 3 is 2.65 bits per heavy atom. The third-order valence-electron chi connectivity index (χ3n) is 2.97. The molecule has 0 amide bonds. The number of alkyl halides is 3. The number of likely N-dealkylation sites (N-methyl/N-ethyl adjacent to an activating group) is 1. The van der Waals surface area contributed by atoms with E-state index in [0.29, 0.717) is 13.2 Å². The summed E-state index contributed by atoms with van der Waals surface area (Å²) in [5, 5.41) is 10.00. The molecule has 114 valence electrons. The highest BCUT2D eigenvalue weighted by Crippen LogP contribution is 2.30. The highest BCUT2D eigenvalue weighted by atomic mass is 19.4. The Morgan fingerprint density at radius 2 is 2.05 bits per heavy atom. The number of aliphatic hydroxyl groups excluding tert-OH is 1. The summed E-state index contributed by atoms with van der Waals surface area (Å²) in [6.07, 6.45) is -4.52. The van der Waals surface area contributed by atoms with E-state index < -0.39 is 17.8 Å². The maximum atomic E-state index is 12.6. The lowest BCUT2D eigenvalue weighted by Gasteiger charge is -2.21. The first-order valence-corrected chi connectivity index (χ1v) is 6.37. The van der Waals surface area contributed by atoms with Crippen LogP contribution in [0, 0.1) is 0 Å². The molecule has 1 aromatic rings. The lowest BCUT2D eigenvalue weighted by atomic mass is 10.1. The lowest BCUT2D eigenvalue weighted by molar-refractivity contribution is -0.137. The molecule has 0 aliphatic carbocycles. The number of hydrogen-bond donors (Lipinski definition) is 1. The molecule has 1 aromatic carbocycles. The summed E-state index contributed by atoms with van der Waals surface area (Å²) in [5.41, 5.74) is -0.463. The van der Waals surface area contributed by atoms with E-state index in [1.165, 1.54) is 12.1 Å². The maximum Gasteiger partial charge on any atom is 0.416 e. The van der Waals surface area contributed by atoms with Crippen LogP contribution in [0.25, 0.3) is 0 Å². The average Bonchev–Trinajstić information content (AvgIpc) is 2.38. The number of nitrogens with zero attached hydrogens (tertiary/aromatic N) is 1. The maximum absolute atomic E-state index is 12.6. The molecule has 1 unspecified atom stereocenters. The van der Waals surface area contributed by atoms with Crippen LogP contribution in [-0.2, 0) is 10.9 Å². The van der Waals surface area contributed by atoms with Crippen LogP contribution in [0.15, 0.2) is 24.3 Å². The molecule has 0 bridgehead atoms. The van der Waals surface area contributed by atoms with Crippen LogP contribution >= 0.6 is 0 Å². The number of halogens is 3. The number of benzene rings is 1. The smallest absolute Gasteiger partial charge is 0.387 e. The molecule has 0 spiro atoms. The fourth-order valence-corrected chi connectivity index (χ4v) is 1.89. The monoisotopic (exact) mass is 291 g/mol. The van der Waals surface area contributed by atoms with Gasteiger partial charge in [0.05, 0.1) is 11.7 Å². The molecule has 1 rings (SSSR count). The number of methoxy groups -OCH3 is 1. The van der Waals surface area contributed by atoms with Crippen molar-refractivity contribution in [2.45, 2.75) is 18.7 Å². The molecular formula is C14H20F3NO2. The molecule has 0 fully saturated rings. The summed E-state index contributed by atoms with van der Waals surface area (Å²) < 4.78 is 42.7. The van der Waals surface area contributed by atoms with Crippen molar-refractivity contribution < 1.29 is 23.0 Å².